The van der Waals surface area contributed by atoms with Gasteiger partial charge in [-0.3, -0.25) is 0 Å². The summed E-state index contributed by atoms with van der Waals surface area (Å²) < 4.78 is 0. The molecule has 0 spiro atoms. The number of Topliss-reactive ketones (excluding diaryl/α,β-unsaturated/α-hetero) is 1. The van der Waals surface area contributed by atoms with Crippen LogP contribution in [0.3, 0.4) is 0 Å². The van der Waals surface area contributed by atoms with Crippen molar-refractivity contribution in [3.63, 3.8) is 0 Å². The normalized spacial score (nSPS) is 10.8. The van der Waals surface area contributed by atoms with Crippen molar-refractivity contribution in [3.8, 4) is 0 Å². The number of benzene rings is 1. The van der Waals surface area contributed by atoms with E-state index in [-0.39, 0.29) is 5.78 Å². The van der Waals surface area contributed by atoms with Crippen LogP contribution in [0.5, 0.6) is 0 Å². The van der Waals surface area contributed by atoms with Gasteiger partial charge in [0.1, 0.15) is 5.78 Å². The number of rotatable bonds is 6. The number of hydrogen-bond donors (Lipinski definition) is 0. The summed E-state index contributed by atoms with van der Waals surface area (Å²) in [6, 6.07) is 8.50. The Bertz CT molecular complexity index is 339. The molecule has 0 unspecified atom stereocenters. The summed E-state index contributed by atoms with van der Waals surface area (Å²) in [5.41, 5.74) is 2.76. The minimum Gasteiger partial charge on any atom is -0.300 e. The zero-order valence-electron chi connectivity index (χ0n) is 10.6. The molecule has 88 valence electrons. The Kier molecular flexibility index (Phi) is 5.24. The van der Waals surface area contributed by atoms with Crippen molar-refractivity contribution in [1.82, 2.24) is 0 Å². The topological polar surface area (TPSA) is 17.1 Å². The van der Waals surface area contributed by atoms with E-state index in [0.717, 1.165) is 18.8 Å². The molecule has 0 amide bonds. The summed E-state index contributed by atoms with van der Waals surface area (Å²) in [6.45, 7) is 6.16. The van der Waals surface area contributed by atoms with Crippen LogP contribution in [0.1, 0.15) is 44.7 Å². The van der Waals surface area contributed by atoms with Crippen molar-refractivity contribution < 1.29 is 4.79 Å². The fourth-order valence-corrected chi connectivity index (χ4v) is 1.80. The van der Waals surface area contributed by atoms with Gasteiger partial charge in [0.05, 0.1) is 0 Å². The van der Waals surface area contributed by atoms with Crippen molar-refractivity contribution in [3.05, 3.63) is 35.4 Å². The van der Waals surface area contributed by atoms with Gasteiger partial charge in [-0.2, -0.15) is 0 Å². The fraction of sp³-hybridized carbons (Fsp3) is 0.533. The molecular formula is C15H22O. The molecular weight excluding hydrogens is 196 g/mol. The van der Waals surface area contributed by atoms with Crippen LogP contribution in [0.15, 0.2) is 24.3 Å². The number of carbonyl (C=O) groups excluding carboxylic acids is 1. The quantitative estimate of drug-likeness (QED) is 0.710. The third-order valence-electron chi connectivity index (χ3n) is 2.86. The van der Waals surface area contributed by atoms with E-state index in [9.17, 15) is 4.79 Å². The first-order chi connectivity index (χ1) is 7.59. The summed E-state index contributed by atoms with van der Waals surface area (Å²) in [5, 5.41) is 0. The van der Waals surface area contributed by atoms with Gasteiger partial charge < -0.3 is 4.79 Å². The molecule has 1 rings (SSSR count). The lowest BCUT2D eigenvalue weighted by atomic mass is 9.96. The molecule has 0 aliphatic rings. The molecule has 0 aliphatic carbocycles. The number of hydrogen-bond acceptors (Lipinski definition) is 1. The minimum atomic E-state index is 0.277. The SMILES string of the molecule is CC(=O)CCc1ccccc1CCC(C)C. The summed E-state index contributed by atoms with van der Waals surface area (Å²) in [4.78, 5) is 11.0. The van der Waals surface area contributed by atoms with E-state index < -0.39 is 0 Å². The van der Waals surface area contributed by atoms with E-state index in [1.807, 2.05) is 0 Å². The van der Waals surface area contributed by atoms with Gasteiger partial charge in [0.25, 0.3) is 0 Å². The molecule has 0 saturated carbocycles. The fourth-order valence-electron chi connectivity index (χ4n) is 1.80. The maximum Gasteiger partial charge on any atom is 0.130 e. The molecule has 0 saturated heterocycles. The maximum atomic E-state index is 11.0. The van der Waals surface area contributed by atoms with Gasteiger partial charge >= 0.3 is 0 Å². The number of carbonyl (C=O) groups is 1. The molecule has 1 heteroatoms. The summed E-state index contributed by atoms with van der Waals surface area (Å²) in [6.07, 6.45) is 3.91. The van der Waals surface area contributed by atoms with Gasteiger partial charge in [-0.15, -0.1) is 0 Å². The van der Waals surface area contributed by atoms with Crippen LogP contribution in [0, 0.1) is 5.92 Å². The second-order valence-corrected chi connectivity index (χ2v) is 4.90. The molecule has 0 aliphatic heterocycles. The van der Waals surface area contributed by atoms with E-state index in [2.05, 4.69) is 38.1 Å². The lowest BCUT2D eigenvalue weighted by molar-refractivity contribution is -0.116. The second kappa shape index (κ2) is 6.47. The largest absolute Gasteiger partial charge is 0.300 e. The first-order valence-electron chi connectivity index (χ1n) is 6.16. The summed E-state index contributed by atoms with van der Waals surface area (Å²) >= 11 is 0. The van der Waals surface area contributed by atoms with Crippen molar-refractivity contribution in [2.24, 2.45) is 5.92 Å². The Labute approximate surface area is 98.9 Å². The van der Waals surface area contributed by atoms with Gasteiger partial charge in [0.2, 0.25) is 0 Å². The third kappa shape index (κ3) is 4.61. The molecule has 0 fully saturated rings. The molecule has 0 heterocycles. The first-order valence-corrected chi connectivity index (χ1v) is 6.16. The predicted molar refractivity (Wildman–Crippen MR) is 68.6 cm³/mol. The molecule has 1 aromatic rings. The van der Waals surface area contributed by atoms with E-state index in [1.54, 1.807) is 6.92 Å². The highest BCUT2D eigenvalue weighted by atomic mass is 16.1. The highest BCUT2D eigenvalue weighted by molar-refractivity contribution is 5.75. The molecule has 0 bridgehead atoms. The van der Waals surface area contributed by atoms with Crippen LogP contribution in [0.2, 0.25) is 0 Å². The molecule has 0 atom stereocenters. The Balaban J connectivity index is 2.63. The summed E-state index contributed by atoms with van der Waals surface area (Å²) in [7, 11) is 0. The Morgan fingerprint density at radius 1 is 1.12 bits per heavy atom. The van der Waals surface area contributed by atoms with Gasteiger partial charge in [0.15, 0.2) is 0 Å². The molecule has 0 N–H and O–H groups in total. The van der Waals surface area contributed by atoms with Crippen molar-refractivity contribution in [2.75, 3.05) is 0 Å². The van der Waals surface area contributed by atoms with Gasteiger partial charge in [-0.25, -0.2) is 0 Å². The molecule has 16 heavy (non-hydrogen) atoms. The minimum absolute atomic E-state index is 0.277. The lowest BCUT2D eigenvalue weighted by Gasteiger charge is -2.10. The predicted octanol–water partition coefficient (Wildman–Crippen LogP) is 3.80. The van der Waals surface area contributed by atoms with E-state index in [0.29, 0.717) is 6.42 Å². The van der Waals surface area contributed by atoms with Crippen LogP contribution in [-0.2, 0) is 17.6 Å². The highest BCUT2D eigenvalue weighted by Gasteiger charge is 2.04. The molecule has 1 aromatic carbocycles. The summed E-state index contributed by atoms with van der Waals surface area (Å²) in [5.74, 6) is 1.01. The van der Waals surface area contributed by atoms with E-state index in [4.69, 9.17) is 0 Å². The lowest BCUT2D eigenvalue weighted by Crippen LogP contribution is -2.00. The van der Waals surface area contributed by atoms with Crippen molar-refractivity contribution >= 4 is 5.78 Å². The van der Waals surface area contributed by atoms with Crippen LogP contribution in [0.25, 0.3) is 0 Å². The average molecular weight is 218 g/mol. The van der Waals surface area contributed by atoms with Gasteiger partial charge in [-0.1, -0.05) is 38.1 Å². The average Bonchev–Trinajstić information content (AvgIpc) is 2.24. The van der Waals surface area contributed by atoms with Crippen molar-refractivity contribution in [2.45, 2.75) is 46.5 Å². The molecule has 1 nitrogen and oxygen atoms in total. The zero-order chi connectivity index (χ0) is 12.0. The van der Waals surface area contributed by atoms with Crippen LogP contribution in [0.4, 0.5) is 0 Å². The van der Waals surface area contributed by atoms with Crippen molar-refractivity contribution in [1.29, 1.82) is 0 Å². The standard InChI is InChI=1S/C15H22O/c1-12(2)8-10-14-6-4-5-7-15(14)11-9-13(3)16/h4-7,12H,8-11H2,1-3H3. The van der Waals surface area contributed by atoms with Crippen LogP contribution < -0.4 is 0 Å². The third-order valence-corrected chi connectivity index (χ3v) is 2.86. The Morgan fingerprint density at radius 3 is 2.19 bits per heavy atom. The highest BCUT2D eigenvalue weighted by Crippen LogP contribution is 2.15. The monoisotopic (exact) mass is 218 g/mol. The van der Waals surface area contributed by atoms with E-state index in [1.165, 1.54) is 17.5 Å². The van der Waals surface area contributed by atoms with Gasteiger partial charge in [-0.05, 0) is 43.2 Å². The number of aryl methyl sites for hydroxylation is 2. The number of ketones is 1. The molecule has 0 radical (unpaired) electrons. The Morgan fingerprint density at radius 2 is 1.69 bits per heavy atom. The van der Waals surface area contributed by atoms with E-state index >= 15 is 0 Å². The van der Waals surface area contributed by atoms with Crippen LogP contribution in [-0.4, -0.2) is 5.78 Å². The van der Waals surface area contributed by atoms with Gasteiger partial charge in [0, 0.05) is 6.42 Å². The second-order valence-electron chi connectivity index (χ2n) is 4.90. The maximum absolute atomic E-state index is 11.0. The molecule has 0 aromatic heterocycles. The smallest absolute Gasteiger partial charge is 0.130 e. The van der Waals surface area contributed by atoms with Crippen LogP contribution >= 0.6 is 0 Å². The first kappa shape index (κ1) is 13.0. The zero-order valence-corrected chi connectivity index (χ0v) is 10.6. The Hall–Kier alpha value is -1.11.